The predicted molar refractivity (Wildman–Crippen MR) is 122 cm³/mol. The summed E-state index contributed by atoms with van der Waals surface area (Å²) >= 11 is 9.41. The van der Waals surface area contributed by atoms with E-state index in [0.717, 1.165) is 23.1 Å². The van der Waals surface area contributed by atoms with Gasteiger partial charge in [-0.1, -0.05) is 65.6 Å². The Bertz CT molecular complexity index is 953. The number of carbonyl (C=O) groups is 2. The van der Waals surface area contributed by atoms with E-state index in [1.54, 1.807) is 53.4 Å². The highest BCUT2D eigenvalue weighted by molar-refractivity contribution is 9.10. The molecule has 0 aliphatic carbocycles. The van der Waals surface area contributed by atoms with Gasteiger partial charge in [-0.25, -0.2) is 0 Å². The topological polar surface area (TPSA) is 60.9 Å². The molecule has 1 heterocycles. The minimum atomic E-state index is -0.671. The van der Waals surface area contributed by atoms with Gasteiger partial charge in [-0.3, -0.25) is 9.59 Å². The molecule has 5 nitrogen and oxygen atoms in total. The molecule has 0 bridgehead atoms. The molecule has 3 rings (SSSR count). The van der Waals surface area contributed by atoms with E-state index < -0.39 is 17.7 Å². The molecule has 30 heavy (non-hydrogen) atoms. The van der Waals surface area contributed by atoms with E-state index in [4.69, 9.17) is 11.6 Å². The second kappa shape index (κ2) is 9.77. The fourth-order valence-electron chi connectivity index (χ4n) is 3.65. The maximum absolute atomic E-state index is 13.0. The molecule has 2 aromatic rings. The molecule has 0 radical (unpaired) electrons. The zero-order valence-corrected chi connectivity index (χ0v) is 19.3. The van der Waals surface area contributed by atoms with Crippen molar-refractivity contribution in [2.45, 2.75) is 19.9 Å². The summed E-state index contributed by atoms with van der Waals surface area (Å²) in [6.45, 7) is 6.85. The van der Waals surface area contributed by atoms with Crippen molar-refractivity contribution in [2.24, 2.45) is 0 Å². The second-order valence-corrected chi connectivity index (χ2v) is 8.43. The number of nitrogens with zero attached hydrogens (tertiary/aromatic N) is 2. The molecule has 0 saturated carbocycles. The number of Topliss-reactive ketones (excluding diaryl/α,β-unsaturated/α-hetero) is 1. The molecule has 1 saturated heterocycles. The Balaban J connectivity index is 2.08. The molecule has 1 atom stereocenters. The van der Waals surface area contributed by atoms with Gasteiger partial charge in [-0.05, 0) is 42.9 Å². The summed E-state index contributed by atoms with van der Waals surface area (Å²) in [4.78, 5) is 29.6. The molecule has 1 N–H and O–H groups in total. The molecule has 1 aliphatic heterocycles. The van der Waals surface area contributed by atoms with Gasteiger partial charge >= 0.3 is 0 Å². The number of aliphatic hydroxyl groups excluding tert-OH is 1. The number of amides is 1. The van der Waals surface area contributed by atoms with Gasteiger partial charge < -0.3 is 14.9 Å². The van der Waals surface area contributed by atoms with Gasteiger partial charge in [0.15, 0.2) is 0 Å². The van der Waals surface area contributed by atoms with Gasteiger partial charge in [-0.2, -0.15) is 0 Å². The van der Waals surface area contributed by atoms with E-state index >= 15 is 0 Å². The first kappa shape index (κ1) is 22.5. The lowest BCUT2D eigenvalue weighted by Crippen LogP contribution is -2.38. The highest BCUT2D eigenvalue weighted by Gasteiger charge is 2.45. The molecule has 1 fully saturated rings. The summed E-state index contributed by atoms with van der Waals surface area (Å²) in [7, 11) is 0. The fourth-order valence-corrected chi connectivity index (χ4v) is 4.04. The molecule has 158 valence electrons. The largest absolute Gasteiger partial charge is 0.507 e. The SMILES string of the molecule is CCN(CC)CCN1C(=O)C(=O)/C(=C(\O)c2ccc(Br)cc2)C1c1ccc(Cl)cc1. The average molecular weight is 492 g/mol. The summed E-state index contributed by atoms with van der Waals surface area (Å²) in [5.41, 5.74) is 1.32. The molecular formula is C23H24BrClN2O3. The minimum absolute atomic E-state index is 0.101. The number of ketones is 1. The number of rotatable bonds is 7. The van der Waals surface area contributed by atoms with Crippen LogP contribution in [-0.4, -0.2) is 52.8 Å². The van der Waals surface area contributed by atoms with Crippen LogP contribution in [0.15, 0.2) is 58.6 Å². The number of likely N-dealkylation sites (tertiary alicyclic amines) is 1. The van der Waals surface area contributed by atoms with Crippen LogP contribution >= 0.6 is 27.5 Å². The van der Waals surface area contributed by atoms with Crippen LogP contribution in [0.3, 0.4) is 0 Å². The van der Waals surface area contributed by atoms with E-state index in [9.17, 15) is 14.7 Å². The molecule has 0 spiro atoms. The molecular weight excluding hydrogens is 468 g/mol. The smallest absolute Gasteiger partial charge is 0.295 e. The lowest BCUT2D eigenvalue weighted by Gasteiger charge is -2.28. The number of aliphatic hydroxyl groups is 1. The maximum atomic E-state index is 13.0. The third-order valence-corrected chi connectivity index (χ3v) is 6.18. The number of carbonyl (C=O) groups excluding carboxylic acids is 2. The molecule has 0 aromatic heterocycles. The normalized spacial score (nSPS) is 18.4. The third-order valence-electron chi connectivity index (χ3n) is 5.39. The van der Waals surface area contributed by atoms with Crippen molar-refractivity contribution in [2.75, 3.05) is 26.2 Å². The lowest BCUT2D eigenvalue weighted by molar-refractivity contribution is -0.140. The van der Waals surface area contributed by atoms with Gasteiger partial charge in [0.1, 0.15) is 5.76 Å². The number of benzene rings is 2. The van der Waals surface area contributed by atoms with Crippen LogP contribution in [0.2, 0.25) is 5.02 Å². The number of likely N-dealkylation sites (N-methyl/N-ethyl adjacent to an activating group) is 1. The van der Waals surface area contributed by atoms with E-state index in [0.29, 0.717) is 23.7 Å². The number of halogens is 2. The zero-order chi connectivity index (χ0) is 21.8. The van der Waals surface area contributed by atoms with E-state index in [2.05, 4.69) is 34.7 Å². The highest BCUT2D eigenvalue weighted by atomic mass is 79.9. The quantitative estimate of drug-likeness (QED) is 0.341. The molecule has 1 aliphatic rings. The Morgan fingerprint density at radius 3 is 2.23 bits per heavy atom. The summed E-state index contributed by atoms with van der Waals surface area (Å²) in [6.07, 6.45) is 0. The minimum Gasteiger partial charge on any atom is -0.507 e. The van der Waals surface area contributed by atoms with Crippen LogP contribution in [0.4, 0.5) is 0 Å². The van der Waals surface area contributed by atoms with Crippen molar-refractivity contribution in [1.29, 1.82) is 0 Å². The van der Waals surface area contributed by atoms with Gasteiger partial charge in [0, 0.05) is 28.1 Å². The highest BCUT2D eigenvalue weighted by Crippen LogP contribution is 2.39. The first-order valence-corrected chi connectivity index (χ1v) is 11.1. The Kier molecular flexibility index (Phi) is 7.34. The van der Waals surface area contributed by atoms with Crippen molar-refractivity contribution >= 4 is 45.0 Å². The van der Waals surface area contributed by atoms with Crippen molar-refractivity contribution in [3.8, 4) is 0 Å². The number of hydrogen-bond acceptors (Lipinski definition) is 4. The maximum Gasteiger partial charge on any atom is 0.295 e. The van der Waals surface area contributed by atoms with Crippen LogP contribution < -0.4 is 0 Å². The Labute approximate surface area is 190 Å². The Morgan fingerprint density at radius 2 is 1.67 bits per heavy atom. The van der Waals surface area contributed by atoms with Gasteiger partial charge in [-0.15, -0.1) is 0 Å². The van der Waals surface area contributed by atoms with Gasteiger partial charge in [0.25, 0.3) is 11.7 Å². The van der Waals surface area contributed by atoms with E-state index in [1.807, 2.05) is 0 Å². The van der Waals surface area contributed by atoms with Crippen LogP contribution in [0, 0.1) is 0 Å². The third kappa shape index (κ3) is 4.61. The predicted octanol–water partition coefficient (Wildman–Crippen LogP) is 4.87. The molecule has 1 amide bonds. The summed E-state index contributed by atoms with van der Waals surface area (Å²) in [5, 5.41) is 11.6. The molecule has 2 aromatic carbocycles. The first-order chi connectivity index (χ1) is 14.4. The first-order valence-electron chi connectivity index (χ1n) is 9.89. The average Bonchev–Trinajstić information content (AvgIpc) is 3.00. The van der Waals surface area contributed by atoms with Crippen LogP contribution in [0.5, 0.6) is 0 Å². The lowest BCUT2D eigenvalue weighted by atomic mass is 9.95. The van der Waals surface area contributed by atoms with Crippen LogP contribution in [0.25, 0.3) is 5.76 Å². The Hall–Kier alpha value is -2.15. The van der Waals surface area contributed by atoms with Crippen molar-refractivity contribution in [1.82, 2.24) is 9.80 Å². The summed E-state index contributed by atoms with van der Waals surface area (Å²) in [6, 6.07) is 13.3. The van der Waals surface area contributed by atoms with Gasteiger partial charge in [0.05, 0.1) is 11.6 Å². The molecule has 1 unspecified atom stereocenters. The van der Waals surface area contributed by atoms with Crippen molar-refractivity contribution in [3.63, 3.8) is 0 Å². The van der Waals surface area contributed by atoms with Crippen molar-refractivity contribution in [3.05, 3.63) is 74.7 Å². The summed E-state index contributed by atoms with van der Waals surface area (Å²) in [5.74, 6) is -1.44. The standard InChI is InChI=1S/C23H24BrClN2O3/c1-3-26(4-2)13-14-27-20(15-7-11-18(25)12-8-15)19(22(29)23(27)30)21(28)16-5-9-17(24)10-6-16/h5-12,20,28H,3-4,13-14H2,1-2H3/b21-19-. The zero-order valence-electron chi connectivity index (χ0n) is 16.9. The summed E-state index contributed by atoms with van der Waals surface area (Å²) < 4.78 is 0.855. The van der Waals surface area contributed by atoms with Crippen molar-refractivity contribution < 1.29 is 14.7 Å². The monoisotopic (exact) mass is 490 g/mol. The second-order valence-electron chi connectivity index (χ2n) is 7.08. The van der Waals surface area contributed by atoms with Crippen LogP contribution in [0.1, 0.15) is 31.0 Å². The van der Waals surface area contributed by atoms with E-state index in [-0.39, 0.29) is 11.3 Å². The van der Waals surface area contributed by atoms with E-state index in [1.165, 1.54) is 0 Å². The molecule has 7 heteroatoms. The number of hydrogen-bond donors (Lipinski definition) is 1. The Morgan fingerprint density at radius 1 is 1.07 bits per heavy atom. The fraction of sp³-hybridized carbons (Fsp3) is 0.304. The van der Waals surface area contributed by atoms with Crippen LogP contribution in [-0.2, 0) is 9.59 Å². The van der Waals surface area contributed by atoms with Gasteiger partial charge in [0.2, 0.25) is 0 Å².